The second kappa shape index (κ2) is 11.6. The molecule has 37 heavy (non-hydrogen) atoms. The van der Waals surface area contributed by atoms with E-state index < -0.39 is 6.17 Å². The van der Waals surface area contributed by atoms with Gasteiger partial charge in [0.25, 0.3) is 0 Å². The first kappa shape index (κ1) is 26.9. The van der Waals surface area contributed by atoms with E-state index in [2.05, 4.69) is 17.6 Å². The van der Waals surface area contributed by atoms with Crippen LogP contribution in [0, 0.1) is 40.9 Å². The summed E-state index contributed by atoms with van der Waals surface area (Å²) in [4.78, 5) is 13.9. The van der Waals surface area contributed by atoms with Gasteiger partial charge in [0, 0.05) is 51.1 Å². The molecule has 1 aliphatic heterocycles. The highest BCUT2D eigenvalue weighted by molar-refractivity contribution is 5.79. The summed E-state index contributed by atoms with van der Waals surface area (Å²) in [6.45, 7) is 3.93. The highest BCUT2D eigenvalue weighted by Gasteiger charge is 2.43. The van der Waals surface area contributed by atoms with E-state index in [9.17, 15) is 9.18 Å². The molecule has 7 nitrogen and oxygen atoms in total. The summed E-state index contributed by atoms with van der Waals surface area (Å²) in [5.74, 6) is 2.42. The summed E-state index contributed by atoms with van der Waals surface area (Å²) in [6.07, 6.45) is 13.0. The van der Waals surface area contributed by atoms with Crippen molar-refractivity contribution in [1.29, 1.82) is 5.41 Å². The van der Waals surface area contributed by atoms with Crippen LogP contribution in [0.5, 0.6) is 0 Å². The molecule has 4 aliphatic rings. The van der Waals surface area contributed by atoms with Gasteiger partial charge in [-0.1, -0.05) is 6.92 Å². The lowest BCUT2D eigenvalue weighted by atomic mass is 9.63. The smallest absolute Gasteiger partial charge is 0.223 e. The minimum absolute atomic E-state index is 0.0133. The molecule has 0 spiro atoms. The fourth-order valence-electron chi connectivity index (χ4n) is 7.89. The molecule has 1 saturated heterocycles. The van der Waals surface area contributed by atoms with Crippen molar-refractivity contribution in [3.8, 4) is 0 Å². The van der Waals surface area contributed by atoms with Crippen molar-refractivity contribution in [2.45, 2.75) is 102 Å². The number of aryl methyl sites for hydroxylation is 1. The first-order chi connectivity index (χ1) is 17.8. The van der Waals surface area contributed by atoms with Gasteiger partial charge in [-0.2, -0.15) is 0 Å². The zero-order chi connectivity index (χ0) is 26.1. The van der Waals surface area contributed by atoms with E-state index in [4.69, 9.17) is 10.1 Å². The van der Waals surface area contributed by atoms with E-state index in [-0.39, 0.29) is 30.0 Å². The quantitative estimate of drug-likeness (QED) is 0.491. The van der Waals surface area contributed by atoms with Crippen molar-refractivity contribution in [3.05, 3.63) is 18.0 Å². The molecule has 208 valence electrons. The number of aromatic nitrogens is 2. The van der Waals surface area contributed by atoms with Crippen LogP contribution in [0.3, 0.4) is 0 Å². The van der Waals surface area contributed by atoms with E-state index in [0.29, 0.717) is 48.0 Å². The average Bonchev–Trinajstić information content (AvgIpc) is 3.69. The zero-order valence-electron chi connectivity index (χ0n) is 23.0. The van der Waals surface area contributed by atoms with Gasteiger partial charge in [0.2, 0.25) is 11.5 Å². The number of ether oxygens (including phenoxy) is 1. The second-order valence-corrected chi connectivity index (χ2v) is 12.8. The Morgan fingerprint density at radius 2 is 1.97 bits per heavy atom. The fraction of sp³-hybridized carbons (Fsp3) is 0.862. The summed E-state index contributed by atoms with van der Waals surface area (Å²) in [5.41, 5.74) is 0.499. The van der Waals surface area contributed by atoms with Crippen molar-refractivity contribution in [1.82, 2.24) is 19.8 Å². The zero-order valence-corrected chi connectivity index (χ0v) is 23.0. The largest absolute Gasteiger partial charge is 0.381 e. The summed E-state index contributed by atoms with van der Waals surface area (Å²) in [6, 6.07) is 0.449. The molecule has 1 amide bonds. The number of nitrogens with zero attached hydrogens (tertiary/aromatic N) is 2. The fourth-order valence-corrected chi connectivity index (χ4v) is 7.89. The molecule has 3 N–H and O–H groups in total. The number of rotatable bonds is 8. The summed E-state index contributed by atoms with van der Waals surface area (Å²) in [7, 11) is 3.70. The molecule has 1 aromatic rings. The van der Waals surface area contributed by atoms with Gasteiger partial charge in [-0.15, -0.1) is 0 Å². The number of hydrogen-bond donors (Lipinski definition) is 3. The van der Waals surface area contributed by atoms with Gasteiger partial charge in [-0.05, 0) is 100 Å². The van der Waals surface area contributed by atoms with Crippen molar-refractivity contribution in [2.24, 2.45) is 42.6 Å². The Hall–Kier alpha value is -1.67. The van der Waals surface area contributed by atoms with Crippen LogP contribution in [0.2, 0.25) is 0 Å². The number of hydrogen-bond acceptors (Lipinski definition) is 4. The van der Waals surface area contributed by atoms with E-state index in [1.807, 2.05) is 28.6 Å². The van der Waals surface area contributed by atoms with Crippen molar-refractivity contribution >= 4 is 5.91 Å². The number of alkyl halides is 1. The first-order valence-corrected chi connectivity index (χ1v) is 14.8. The molecule has 1 aromatic heterocycles. The lowest BCUT2D eigenvalue weighted by molar-refractivity contribution is -0.129. The van der Waals surface area contributed by atoms with Crippen LogP contribution in [0.25, 0.3) is 0 Å². The molecule has 8 unspecified atom stereocenters. The van der Waals surface area contributed by atoms with E-state index in [1.165, 1.54) is 12.8 Å². The van der Waals surface area contributed by atoms with Crippen molar-refractivity contribution < 1.29 is 13.9 Å². The number of halogens is 1. The number of nitrogens with one attached hydrogen (secondary N) is 3. The predicted molar refractivity (Wildman–Crippen MR) is 141 cm³/mol. The van der Waals surface area contributed by atoms with Crippen molar-refractivity contribution in [2.75, 3.05) is 13.7 Å². The Morgan fingerprint density at radius 1 is 1.16 bits per heavy atom. The third-order valence-electron chi connectivity index (χ3n) is 10.1. The number of carbonyl (C=O) groups is 1. The molecular formula is C29H48FN5O2. The van der Waals surface area contributed by atoms with Gasteiger partial charge < -0.3 is 24.5 Å². The lowest BCUT2D eigenvalue weighted by Crippen LogP contribution is -2.56. The summed E-state index contributed by atoms with van der Waals surface area (Å²) >= 11 is 0. The van der Waals surface area contributed by atoms with Gasteiger partial charge in [-0.25, -0.2) is 4.39 Å². The normalized spacial score (nSPS) is 37.7. The van der Waals surface area contributed by atoms with Gasteiger partial charge in [-0.3, -0.25) is 10.2 Å². The Bertz CT molecular complexity index is 974. The Kier molecular flexibility index (Phi) is 8.44. The third kappa shape index (κ3) is 6.32. The maximum Gasteiger partial charge on any atom is 0.223 e. The van der Waals surface area contributed by atoms with Gasteiger partial charge in [0.05, 0.1) is 6.10 Å². The van der Waals surface area contributed by atoms with Crippen LogP contribution in [0.15, 0.2) is 12.4 Å². The minimum Gasteiger partial charge on any atom is -0.381 e. The number of amides is 1. The van der Waals surface area contributed by atoms with E-state index in [0.717, 1.165) is 51.6 Å². The highest BCUT2D eigenvalue weighted by atomic mass is 19.1. The number of imidazole rings is 1. The molecule has 3 aliphatic carbocycles. The van der Waals surface area contributed by atoms with Gasteiger partial charge in [0.15, 0.2) is 0 Å². The van der Waals surface area contributed by atoms with Crippen LogP contribution in [-0.4, -0.2) is 53.1 Å². The molecule has 5 rings (SSSR count). The van der Waals surface area contributed by atoms with Crippen LogP contribution < -0.4 is 16.3 Å². The van der Waals surface area contributed by atoms with Crippen LogP contribution in [0.4, 0.5) is 4.39 Å². The lowest BCUT2D eigenvalue weighted by Gasteiger charge is -2.43. The molecule has 3 saturated carbocycles. The Morgan fingerprint density at radius 3 is 2.65 bits per heavy atom. The Balaban J connectivity index is 1.31. The molecule has 0 aromatic carbocycles. The van der Waals surface area contributed by atoms with Crippen LogP contribution in [-0.2, 0) is 23.1 Å². The topological polar surface area (TPSA) is 84.1 Å². The van der Waals surface area contributed by atoms with Gasteiger partial charge >= 0.3 is 0 Å². The minimum atomic E-state index is -0.673. The second-order valence-electron chi connectivity index (χ2n) is 12.8. The molecular weight excluding hydrogens is 469 g/mol. The number of piperidine rings is 1. The summed E-state index contributed by atoms with van der Waals surface area (Å²) in [5, 5.41) is 15.6. The standard InChI is InChI=1S/C29H48FN5O2/c1-18-12-23(30)6-7-25(18)21-13-19(17-35-11-10-34(2)29(35)31)14-22(15-21)28(36)33-27(20-4-5-20)26-16-24(37-3)8-9-32-26/h10-11,18-27,31-32H,4-9,12-17H2,1-3H3,(H,33,36)/t18?,19?,21?,22?,23?,24?,25?,26?,27-/m0/s1. The summed E-state index contributed by atoms with van der Waals surface area (Å²) < 4.78 is 23.7. The van der Waals surface area contributed by atoms with Crippen LogP contribution in [0.1, 0.15) is 71.1 Å². The number of carbonyl (C=O) groups excluding carboxylic acids is 1. The molecule has 2 heterocycles. The maximum atomic E-state index is 14.1. The highest BCUT2D eigenvalue weighted by Crippen LogP contribution is 2.46. The van der Waals surface area contributed by atoms with E-state index in [1.54, 1.807) is 7.11 Å². The molecule has 0 bridgehead atoms. The molecule has 8 heteroatoms. The first-order valence-electron chi connectivity index (χ1n) is 14.8. The number of methoxy groups -OCH3 is 1. The SMILES string of the molecule is COC1CCNC([C@@H](NC(=O)C2CC(Cn3ccn(C)c3=N)CC(C3CCC(F)CC3C)C2)C2CC2)C1. The Labute approximate surface area is 221 Å². The molecule has 0 radical (unpaired) electrons. The van der Waals surface area contributed by atoms with Crippen molar-refractivity contribution in [3.63, 3.8) is 0 Å². The van der Waals surface area contributed by atoms with Crippen LogP contribution >= 0.6 is 0 Å². The van der Waals surface area contributed by atoms with E-state index >= 15 is 0 Å². The monoisotopic (exact) mass is 517 g/mol. The molecule has 4 fully saturated rings. The third-order valence-corrected chi connectivity index (χ3v) is 10.1. The van der Waals surface area contributed by atoms with Gasteiger partial charge in [0.1, 0.15) is 6.17 Å². The average molecular weight is 518 g/mol. The predicted octanol–water partition coefficient (Wildman–Crippen LogP) is 3.77. The maximum absolute atomic E-state index is 14.1. The molecule has 9 atom stereocenters.